The monoisotopic (exact) mass is 299 g/mol. The Hall–Kier alpha value is -1.33. The number of rotatable bonds is 3. The van der Waals surface area contributed by atoms with Gasteiger partial charge in [0.25, 0.3) is 11.5 Å². The van der Waals surface area contributed by atoms with E-state index in [9.17, 15) is 9.59 Å². The Morgan fingerprint density at radius 1 is 1.55 bits per heavy atom. The molecule has 1 fully saturated rings. The van der Waals surface area contributed by atoms with Gasteiger partial charge in [0.05, 0.1) is 0 Å². The normalized spacial score (nSPS) is 19.8. The number of aromatic nitrogens is 1. The molecule has 0 saturated carbocycles. The first-order valence-corrected chi connectivity index (χ1v) is 6.76. The van der Waals surface area contributed by atoms with E-state index < -0.39 is 0 Å². The summed E-state index contributed by atoms with van der Waals surface area (Å²) in [7, 11) is 1.67. The van der Waals surface area contributed by atoms with E-state index in [1.54, 1.807) is 19.3 Å². The van der Waals surface area contributed by atoms with E-state index in [0.29, 0.717) is 11.5 Å². The Balaban J connectivity index is 0.00000200. The number of piperidine rings is 1. The molecule has 2 heterocycles. The molecule has 0 radical (unpaired) electrons. The van der Waals surface area contributed by atoms with Gasteiger partial charge in [-0.25, -0.2) is 0 Å². The lowest BCUT2D eigenvalue weighted by atomic mass is 9.92. The molecule has 5 nitrogen and oxygen atoms in total. The van der Waals surface area contributed by atoms with Crippen LogP contribution >= 0.6 is 12.4 Å². The van der Waals surface area contributed by atoms with Crippen LogP contribution in [0.5, 0.6) is 0 Å². The smallest absolute Gasteiger partial charge is 0.251 e. The SMILES string of the molecule is CC(NC(=O)c1ccn(C)c(=O)c1)C1CCCNC1.Cl. The zero-order chi connectivity index (χ0) is 13.8. The summed E-state index contributed by atoms with van der Waals surface area (Å²) in [5.41, 5.74) is 0.262. The van der Waals surface area contributed by atoms with Gasteiger partial charge in [0.15, 0.2) is 0 Å². The van der Waals surface area contributed by atoms with Crippen molar-refractivity contribution in [2.45, 2.75) is 25.8 Å². The van der Waals surface area contributed by atoms with Crippen molar-refractivity contribution in [3.63, 3.8) is 0 Å². The lowest BCUT2D eigenvalue weighted by Gasteiger charge is -2.28. The first kappa shape index (κ1) is 16.7. The van der Waals surface area contributed by atoms with E-state index in [4.69, 9.17) is 0 Å². The first-order valence-electron chi connectivity index (χ1n) is 6.76. The minimum atomic E-state index is -0.171. The molecule has 0 aliphatic carbocycles. The molecule has 1 aliphatic rings. The second-order valence-corrected chi connectivity index (χ2v) is 5.23. The van der Waals surface area contributed by atoms with Gasteiger partial charge in [-0.1, -0.05) is 0 Å². The van der Waals surface area contributed by atoms with Crippen LogP contribution in [0, 0.1) is 5.92 Å². The van der Waals surface area contributed by atoms with E-state index in [2.05, 4.69) is 10.6 Å². The molecule has 0 spiro atoms. The highest BCUT2D eigenvalue weighted by molar-refractivity contribution is 5.94. The van der Waals surface area contributed by atoms with Gasteiger partial charge in [0.2, 0.25) is 0 Å². The Kier molecular flexibility index (Phi) is 6.23. The summed E-state index contributed by atoms with van der Waals surface area (Å²) in [6.45, 7) is 4.03. The van der Waals surface area contributed by atoms with Crippen LogP contribution in [0.3, 0.4) is 0 Å². The summed E-state index contributed by atoms with van der Waals surface area (Å²) in [5.74, 6) is 0.292. The molecule has 2 atom stereocenters. The van der Waals surface area contributed by atoms with Crippen molar-refractivity contribution in [1.82, 2.24) is 15.2 Å². The molecule has 20 heavy (non-hydrogen) atoms. The summed E-state index contributed by atoms with van der Waals surface area (Å²) in [6, 6.07) is 3.16. The van der Waals surface area contributed by atoms with E-state index in [-0.39, 0.29) is 29.9 Å². The van der Waals surface area contributed by atoms with Crippen molar-refractivity contribution in [1.29, 1.82) is 0 Å². The summed E-state index contributed by atoms with van der Waals surface area (Å²) < 4.78 is 1.45. The van der Waals surface area contributed by atoms with Crippen LogP contribution in [0.1, 0.15) is 30.1 Å². The lowest BCUT2D eigenvalue weighted by Crippen LogP contribution is -2.44. The van der Waals surface area contributed by atoms with Gasteiger partial charge in [-0.15, -0.1) is 12.4 Å². The number of carbonyl (C=O) groups is 1. The Labute approximate surface area is 125 Å². The number of nitrogens with zero attached hydrogens (tertiary/aromatic N) is 1. The second-order valence-electron chi connectivity index (χ2n) is 5.23. The second kappa shape index (κ2) is 7.45. The Morgan fingerprint density at radius 3 is 2.90 bits per heavy atom. The molecule has 6 heteroatoms. The van der Waals surface area contributed by atoms with Crippen molar-refractivity contribution in [3.8, 4) is 0 Å². The highest BCUT2D eigenvalue weighted by Crippen LogP contribution is 2.14. The molecule has 1 aromatic rings. The number of hydrogen-bond donors (Lipinski definition) is 2. The van der Waals surface area contributed by atoms with E-state index in [1.807, 2.05) is 6.92 Å². The van der Waals surface area contributed by atoms with Crippen molar-refractivity contribution in [2.75, 3.05) is 13.1 Å². The molecular formula is C14H22ClN3O2. The van der Waals surface area contributed by atoms with Crippen LogP contribution in [-0.2, 0) is 7.05 Å². The minimum absolute atomic E-state index is 0. The van der Waals surface area contributed by atoms with Gasteiger partial charge < -0.3 is 15.2 Å². The lowest BCUT2D eigenvalue weighted by molar-refractivity contribution is 0.0921. The molecular weight excluding hydrogens is 278 g/mol. The number of hydrogen-bond acceptors (Lipinski definition) is 3. The summed E-state index contributed by atoms with van der Waals surface area (Å²) in [4.78, 5) is 23.6. The fourth-order valence-corrected chi connectivity index (χ4v) is 2.40. The molecule has 1 aromatic heterocycles. The number of pyridine rings is 1. The third-order valence-corrected chi connectivity index (χ3v) is 3.77. The predicted molar refractivity (Wildman–Crippen MR) is 81.5 cm³/mol. The van der Waals surface area contributed by atoms with Crippen LogP contribution < -0.4 is 16.2 Å². The minimum Gasteiger partial charge on any atom is -0.349 e. The first-order chi connectivity index (χ1) is 9.08. The van der Waals surface area contributed by atoms with Crippen LogP contribution in [0.2, 0.25) is 0 Å². The van der Waals surface area contributed by atoms with Gasteiger partial charge in [-0.3, -0.25) is 9.59 Å². The molecule has 2 N–H and O–H groups in total. The average Bonchev–Trinajstić information content (AvgIpc) is 2.42. The van der Waals surface area contributed by atoms with Gasteiger partial charge in [0, 0.05) is 30.9 Å². The molecule has 1 aliphatic heterocycles. The van der Waals surface area contributed by atoms with E-state index in [0.717, 1.165) is 25.9 Å². The maximum absolute atomic E-state index is 12.1. The summed E-state index contributed by atoms with van der Waals surface area (Å²) >= 11 is 0. The molecule has 112 valence electrons. The third-order valence-electron chi connectivity index (χ3n) is 3.77. The maximum Gasteiger partial charge on any atom is 0.251 e. The number of halogens is 1. The molecule has 0 aromatic carbocycles. The highest BCUT2D eigenvalue weighted by Gasteiger charge is 2.21. The van der Waals surface area contributed by atoms with Crippen LogP contribution in [0.25, 0.3) is 0 Å². The number of amides is 1. The van der Waals surface area contributed by atoms with Gasteiger partial charge in [-0.2, -0.15) is 0 Å². The fourth-order valence-electron chi connectivity index (χ4n) is 2.40. The van der Waals surface area contributed by atoms with Gasteiger partial charge >= 0.3 is 0 Å². The van der Waals surface area contributed by atoms with Gasteiger partial charge in [-0.05, 0) is 44.8 Å². The number of carbonyl (C=O) groups excluding carboxylic acids is 1. The maximum atomic E-state index is 12.1. The zero-order valence-electron chi connectivity index (χ0n) is 11.9. The summed E-state index contributed by atoms with van der Waals surface area (Å²) in [6.07, 6.45) is 3.89. The van der Waals surface area contributed by atoms with Crippen LogP contribution in [0.15, 0.2) is 23.1 Å². The zero-order valence-corrected chi connectivity index (χ0v) is 12.7. The molecule has 2 unspecified atom stereocenters. The molecule has 0 bridgehead atoms. The number of aryl methyl sites for hydroxylation is 1. The molecule has 2 rings (SSSR count). The molecule has 1 amide bonds. The highest BCUT2D eigenvalue weighted by atomic mass is 35.5. The molecule has 1 saturated heterocycles. The van der Waals surface area contributed by atoms with Crippen molar-refractivity contribution in [2.24, 2.45) is 13.0 Å². The van der Waals surface area contributed by atoms with Crippen LogP contribution in [-0.4, -0.2) is 29.6 Å². The Bertz CT molecular complexity index is 509. The standard InChI is InChI=1S/C14H21N3O2.ClH/c1-10(12-4-3-6-15-9-12)16-14(19)11-5-7-17(2)13(18)8-11;/h5,7-8,10,12,15H,3-4,6,9H2,1-2H3,(H,16,19);1H. The van der Waals surface area contributed by atoms with E-state index in [1.165, 1.54) is 10.6 Å². The fraction of sp³-hybridized carbons (Fsp3) is 0.571. The average molecular weight is 300 g/mol. The predicted octanol–water partition coefficient (Wildman–Crippen LogP) is 0.925. The number of nitrogens with one attached hydrogen (secondary N) is 2. The van der Waals surface area contributed by atoms with Gasteiger partial charge in [0.1, 0.15) is 0 Å². The Morgan fingerprint density at radius 2 is 2.30 bits per heavy atom. The summed E-state index contributed by atoms with van der Waals surface area (Å²) in [5, 5.41) is 6.33. The van der Waals surface area contributed by atoms with Crippen molar-refractivity contribution in [3.05, 3.63) is 34.2 Å². The van der Waals surface area contributed by atoms with E-state index >= 15 is 0 Å². The van der Waals surface area contributed by atoms with Crippen molar-refractivity contribution >= 4 is 18.3 Å². The largest absolute Gasteiger partial charge is 0.349 e. The quantitative estimate of drug-likeness (QED) is 0.872. The third kappa shape index (κ3) is 4.08. The topological polar surface area (TPSA) is 63.1 Å². The van der Waals surface area contributed by atoms with Crippen LogP contribution in [0.4, 0.5) is 0 Å². The van der Waals surface area contributed by atoms with Crippen molar-refractivity contribution < 1.29 is 4.79 Å².